The predicted molar refractivity (Wildman–Crippen MR) is 100 cm³/mol. The molecule has 1 aliphatic rings. The summed E-state index contributed by atoms with van der Waals surface area (Å²) >= 11 is 0. The van der Waals surface area contributed by atoms with E-state index in [0.29, 0.717) is 30.6 Å². The molecule has 0 N–H and O–H groups in total. The fraction of sp³-hybridized carbons (Fsp3) is 0.368. The van der Waals surface area contributed by atoms with Crippen molar-refractivity contribution in [1.29, 1.82) is 0 Å². The van der Waals surface area contributed by atoms with E-state index in [1.165, 1.54) is 4.90 Å². The quantitative estimate of drug-likeness (QED) is 0.644. The van der Waals surface area contributed by atoms with E-state index in [1.807, 2.05) is 24.3 Å². The van der Waals surface area contributed by atoms with Crippen LogP contribution in [0.4, 0.5) is 5.95 Å². The molecule has 0 saturated carbocycles. The van der Waals surface area contributed by atoms with Crippen molar-refractivity contribution in [2.24, 2.45) is 0 Å². The summed E-state index contributed by atoms with van der Waals surface area (Å²) in [6.45, 7) is 0.263. The number of rotatable bonds is 7. The first-order chi connectivity index (χ1) is 13.5. The first-order valence-corrected chi connectivity index (χ1v) is 8.79. The molecule has 0 aliphatic carbocycles. The third-order valence-electron chi connectivity index (χ3n) is 4.09. The average Bonchev–Trinajstić information content (AvgIpc) is 2.72. The van der Waals surface area contributed by atoms with E-state index in [-0.39, 0.29) is 25.2 Å². The fourth-order valence-corrected chi connectivity index (χ4v) is 2.61. The summed E-state index contributed by atoms with van der Waals surface area (Å²) in [6.07, 6.45) is 2.87. The molecular weight excluding hydrogens is 364 g/mol. The van der Waals surface area contributed by atoms with Gasteiger partial charge in [-0.25, -0.2) is 9.97 Å². The van der Waals surface area contributed by atoms with Crippen molar-refractivity contribution in [3.05, 3.63) is 42.7 Å². The van der Waals surface area contributed by atoms with Gasteiger partial charge in [-0.15, -0.1) is 0 Å². The van der Waals surface area contributed by atoms with Crippen molar-refractivity contribution in [3.63, 3.8) is 0 Å². The number of likely N-dealkylation sites (N-methyl/N-ethyl adjacent to an activating group) is 2. The van der Waals surface area contributed by atoms with E-state index in [9.17, 15) is 9.59 Å². The van der Waals surface area contributed by atoms with Crippen LogP contribution in [0.3, 0.4) is 0 Å². The van der Waals surface area contributed by atoms with E-state index in [4.69, 9.17) is 14.2 Å². The zero-order valence-corrected chi connectivity index (χ0v) is 15.8. The predicted octanol–water partition coefficient (Wildman–Crippen LogP) is 0.754. The lowest BCUT2D eigenvalue weighted by Gasteiger charge is -2.29. The molecule has 9 heteroatoms. The number of aromatic nitrogens is 2. The number of benzene rings is 1. The molecule has 0 spiro atoms. The number of para-hydroxylation sites is 2. The summed E-state index contributed by atoms with van der Waals surface area (Å²) in [5.41, 5.74) is 0. The molecule has 1 aromatic carbocycles. The Morgan fingerprint density at radius 1 is 1.14 bits per heavy atom. The Balaban J connectivity index is 1.41. The topological polar surface area (TPSA) is 94.1 Å². The minimum Gasteiger partial charge on any atom is -0.486 e. The molecular formula is C19H22N4O5. The molecule has 1 aromatic heterocycles. The summed E-state index contributed by atoms with van der Waals surface area (Å²) < 4.78 is 16.5. The highest BCUT2D eigenvalue weighted by Crippen LogP contribution is 2.30. The highest BCUT2D eigenvalue weighted by Gasteiger charge is 2.24. The minimum atomic E-state index is -0.539. The first kappa shape index (κ1) is 19.4. The Hall–Kier alpha value is -3.36. The number of anilines is 1. The van der Waals surface area contributed by atoms with Gasteiger partial charge in [-0.1, -0.05) is 12.1 Å². The lowest BCUT2D eigenvalue weighted by molar-refractivity contribution is -0.150. The largest absolute Gasteiger partial charge is 0.486 e. The molecule has 9 nitrogen and oxygen atoms in total. The van der Waals surface area contributed by atoms with Crippen LogP contribution in [0.1, 0.15) is 0 Å². The number of fused-ring (bicyclic) bond motifs is 1. The molecule has 0 fully saturated rings. The summed E-state index contributed by atoms with van der Waals surface area (Å²) in [7, 11) is 3.30. The molecule has 1 amide bonds. The van der Waals surface area contributed by atoms with Gasteiger partial charge in [-0.05, 0) is 18.2 Å². The minimum absolute atomic E-state index is 0.0582. The highest BCUT2D eigenvalue weighted by molar-refractivity contribution is 5.81. The maximum Gasteiger partial charge on any atom is 0.326 e. The third kappa shape index (κ3) is 5.09. The fourth-order valence-electron chi connectivity index (χ4n) is 2.61. The molecule has 28 heavy (non-hydrogen) atoms. The van der Waals surface area contributed by atoms with Gasteiger partial charge in [0.15, 0.2) is 24.2 Å². The summed E-state index contributed by atoms with van der Waals surface area (Å²) in [4.78, 5) is 35.3. The molecule has 0 saturated heterocycles. The van der Waals surface area contributed by atoms with E-state index < -0.39 is 5.97 Å². The second-order valence-corrected chi connectivity index (χ2v) is 6.34. The Morgan fingerprint density at radius 3 is 2.61 bits per heavy atom. The Kier molecular flexibility index (Phi) is 6.25. The van der Waals surface area contributed by atoms with Gasteiger partial charge in [0.1, 0.15) is 13.2 Å². The molecule has 0 bridgehead atoms. The van der Waals surface area contributed by atoms with Crippen LogP contribution in [0.25, 0.3) is 0 Å². The maximum atomic E-state index is 12.2. The monoisotopic (exact) mass is 386 g/mol. The van der Waals surface area contributed by atoms with Gasteiger partial charge in [-0.3, -0.25) is 9.59 Å². The van der Waals surface area contributed by atoms with Crippen molar-refractivity contribution in [2.45, 2.75) is 6.10 Å². The number of carbonyl (C=O) groups excluding carboxylic acids is 2. The van der Waals surface area contributed by atoms with E-state index in [2.05, 4.69) is 9.97 Å². The van der Waals surface area contributed by atoms with Crippen molar-refractivity contribution in [3.8, 4) is 11.5 Å². The number of hydrogen-bond acceptors (Lipinski definition) is 8. The van der Waals surface area contributed by atoms with Crippen LogP contribution < -0.4 is 14.4 Å². The lowest BCUT2D eigenvalue weighted by Crippen LogP contribution is -2.43. The smallest absolute Gasteiger partial charge is 0.326 e. The van der Waals surface area contributed by atoms with Crippen LogP contribution in [-0.2, 0) is 14.3 Å². The van der Waals surface area contributed by atoms with Crippen molar-refractivity contribution < 1.29 is 23.8 Å². The lowest BCUT2D eigenvalue weighted by atomic mass is 10.2. The van der Waals surface area contributed by atoms with Crippen LogP contribution in [0.5, 0.6) is 11.5 Å². The number of carbonyl (C=O) groups is 2. The molecule has 2 aromatic rings. The van der Waals surface area contributed by atoms with Crippen molar-refractivity contribution >= 4 is 17.8 Å². The molecule has 2 heterocycles. The summed E-state index contributed by atoms with van der Waals surface area (Å²) in [6, 6.07) is 9.06. The number of hydrogen-bond donors (Lipinski definition) is 0. The zero-order valence-electron chi connectivity index (χ0n) is 15.8. The summed E-state index contributed by atoms with van der Waals surface area (Å²) in [5.74, 6) is 0.875. The molecule has 1 aliphatic heterocycles. The standard InChI is InChI=1S/C19H22N4O5/c1-22(10-14-12-26-15-6-3-4-7-16(15)28-14)17(24)13-27-18(25)11-23(2)19-20-8-5-9-21-19/h3-9,14H,10-13H2,1-2H3. The van der Waals surface area contributed by atoms with Crippen LogP contribution in [-0.4, -0.2) is 73.2 Å². The SMILES string of the molecule is CN(CC1COc2ccccc2O1)C(=O)COC(=O)CN(C)c1ncccn1. The molecule has 0 radical (unpaired) electrons. The number of ether oxygens (including phenoxy) is 3. The van der Waals surface area contributed by atoms with Crippen LogP contribution in [0.15, 0.2) is 42.7 Å². The molecule has 1 atom stereocenters. The van der Waals surface area contributed by atoms with Gasteiger partial charge >= 0.3 is 5.97 Å². The van der Waals surface area contributed by atoms with E-state index in [1.54, 1.807) is 37.5 Å². The van der Waals surface area contributed by atoms with E-state index >= 15 is 0 Å². The van der Waals surface area contributed by atoms with Crippen LogP contribution in [0, 0.1) is 0 Å². The highest BCUT2D eigenvalue weighted by atomic mass is 16.6. The van der Waals surface area contributed by atoms with Gasteiger partial charge in [-0.2, -0.15) is 0 Å². The Labute approximate surface area is 162 Å². The van der Waals surface area contributed by atoms with Gasteiger partial charge < -0.3 is 24.0 Å². The number of esters is 1. The van der Waals surface area contributed by atoms with Gasteiger partial charge in [0.05, 0.1) is 6.54 Å². The maximum absolute atomic E-state index is 12.2. The first-order valence-electron chi connectivity index (χ1n) is 8.79. The van der Waals surface area contributed by atoms with Gasteiger partial charge in [0, 0.05) is 26.5 Å². The third-order valence-corrected chi connectivity index (χ3v) is 4.09. The van der Waals surface area contributed by atoms with Crippen molar-refractivity contribution in [2.75, 3.05) is 45.3 Å². The molecule has 1 unspecified atom stereocenters. The second kappa shape index (κ2) is 9.03. The number of nitrogens with zero attached hydrogens (tertiary/aromatic N) is 4. The summed E-state index contributed by atoms with van der Waals surface area (Å²) in [5, 5.41) is 0. The van der Waals surface area contributed by atoms with E-state index in [0.717, 1.165) is 0 Å². The second-order valence-electron chi connectivity index (χ2n) is 6.34. The molecule has 3 rings (SSSR count). The molecule has 148 valence electrons. The Morgan fingerprint density at radius 2 is 1.86 bits per heavy atom. The zero-order chi connectivity index (χ0) is 19.9. The van der Waals surface area contributed by atoms with Crippen LogP contribution in [0.2, 0.25) is 0 Å². The normalized spacial score (nSPS) is 14.9. The average molecular weight is 386 g/mol. The van der Waals surface area contributed by atoms with Crippen LogP contribution >= 0.6 is 0 Å². The number of amides is 1. The van der Waals surface area contributed by atoms with Gasteiger partial charge in [0.2, 0.25) is 5.95 Å². The Bertz CT molecular complexity index is 817. The van der Waals surface area contributed by atoms with Gasteiger partial charge in [0.25, 0.3) is 5.91 Å². The van der Waals surface area contributed by atoms with Crippen molar-refractivity contribution in [1.82, 2.24) is 14.9 Å².